The Morgan fingerprint density at radius 3 is 1.57 bits per heavy atom. The van der Waals surface area contributed by atoms with Crippen LogP contribution in [0, 0.1) is 24.1 Å². The molecule has 2 fully saturated rings. The first-order valence-corrected chi connectivity index (χ1v) is 7.42. The van der Waals surface area contributed by atoms with Crippen molar-refractivity contribution in [3.63, 3.8) is 0 Å². The maximum absolute atomic E-state index is 6.02. The number of hydrogen-bond donors (Lipinski definition) is 0. The van der Waals surface area contributed by atoms with Crippen LogP contribution >= 0.6 is 0 Å². The highest BCUT2D eigenvalue weighted by molar-refractivity contribution is 4.89. The van der Waals surface area contributed by atoms with Gasteiger partial charge in [-0.3, -0.25) is 0 Å². The molecular formula is C16H22O5. The molecule has 2 heterocycles. The maximum atomic E-state index is 6.02. The fraction of sp³-hybridized carbons (Fsp3) is 0.750. The summed E-state index contributed by atoms with van der Waals surface area (Å²) in [6.07, 6.45) is 10.1. The molecule has 0 aromatic heterocycles. The van der Waals surface area contributed by atoms with E-state index in [0.29, 0.717) is 26.1 Å². The zero-order valence-corrected chi connectivity index (χ0v) is 12.7. The van der Waals surface area contributed by atoms with Crippen LogP contribution in [-0.4, -0.2) is 25.2 Å². The summed E-state index contributed by atoms with van der Waals surface area (Å²) in [6.45, 7) is 4.51. The van der Waals surface area contributed by atoms with E-state index in [1.807, 2.05) is 0 Å². The molecule has 0 aromatic rings. The maximum Gasteiger partial charge on any atom is 0.340 e. The Hall–Kier alpha value is -1.40. The summed E-state index contributed by atoms with van der Waals surface area (Å²) in [7, 11) is 0. The van der Waals surface area contributed by atoms with Crippen molar-refractivity contribution in [3.05, 3.63) is 0 Å². The average molecular weight is 294 g/mol. The van der Waals surface area contributed by atoms with Crippen molar-refractivity contribution >= 4 is 0 Å². The second-order valence-corrected chi connectivity index (χ2v) is 4.99. The third-order valence-corrected chi connectivity index (χ3v) is 3.33. The molecule has 0 amide bonds. The van der Waals surface area contributed by atoms with Gasteiger partial charge in [0.25, 0.3) is 0 Å². The third kappa shape index (κ3) is 4.28. The van der Waals surface area contributed by atoms with E-state index in [1.165, 1.54) is 0 Å². The van der Waals surface area contributed by atoms with E-state index in [9.17, 15) is 0 Å². The van der Waals surface area contributed by atoms with Crippen LogP contribution in [0.3, 0.4) is 0 Å². The van der Waals surface area contributed by atoms with Crippen molar-refractivity contribution in [2.45, 2.75) is 64.3 Å². The van der Waals surface area contributed by atoms with Crippen LogP contribution in [0.25, 0.3) is 0 Å². The summed E-state index contributed by atoms with van der Waals surface area (Å²) in [6, 6.07) is 0. The SMILES string of the molecule is CC#COC1(OC2(OC#CC)CCCCO2)CCCCO1. The van der Waals surface area contributed by atoms with Gasteiger partial charge in [-0.25, -0.2) is 4.74 Å². The fourth-order valence-electron chi connectivity index (χ4n) is 2.34. The van der Waals surface area contributed by atoms with Gasteiger partial charge in [-0.1, -0.05) is 11.8 Å². The minimum atomic E-state index is -1.24. The molecule has 2 saturated heterocycles. The van der Waals surface area contributed by atoms with Crippen molar-refractivity contribution < 1.29 is 23.7 Å². The van der Waals surface area contributed by atoms with Crippen molar-refractivity contribution in [1.29, 1.82) is 0 Å². The normalized spacial score (nSPS) is 32.1. The quantitative estimate of drug-likeness (QED) is 0.589. The van der Waals surface area contributed by atoms with Gasteiger partial charge in [0.2, 0.25) is 0 Å². The lowest BCUT2D eigenvalue weighted by atomic mass is 10.1. The Morgan fingerprint density at radius 2 is 1.24 bits per heavy atom. The monoisotopic (exact) mass is 294 g/mol. The molecule has 0 radical (unpaired) electrons. The largest absolute Gasteiger partial charge is 0.386 e. The van der Waals surface area contributed by atoms with Gasteiger partial charge in [-0.2, -0.15) is 0 Å². The smallest absolute Gasteiger partial charge is 0.340 e. The lowest BCUT2D eigenvalue weighted by Gasteiger charge is -2.42. The predicted molar refractivity (Wildman–Crippen MR) is 75.2 cm³/mol. The van der Waals surface area contributed by atoms with E-state index in [0.717, 1.165) is 25.7 Å². The molecule has 0 aromatic carbocycles. The molecule has 0 saturated carbocycles. The van der Waals surface area contributed by atoms with E-state index in [2.05, 4.69) is 24.1 Å². The van der Waals surface area contributed by atoms with Crippen LogP contribution < -0.4 is 0 Å². The second-order valence-electron chi connectivity index (χ2n) is 4.99. The molecule has 116 valence electrons. The Kier molecular flexibility index (Phi) is 5.76. The van der Waals surface area contributed by atoms with E-state index < -0.39 is 11.9 Å². The molecule has 0 bridgehead atoms. The van der Waals surface area contributed by atoms with E-state index in [4.69, 9.17) is 23.7 Å². The zero-order valence-electron chi connectivity index (χ0n) is 12.7. The molecule has 0 aliphatic carbocycles. The minimum absolute atomic E-state index is 0.556. The van der Waals surface area contributed by atoms with Crippen molar-refractivity contribution in [3.8, 4) is 24.1 Å². The van der Waals surface area contributed by atoms with Crippen LogP contribution in [0.5, 0.6) is 0 Å². The number of ether oxygens (including phenoxy) is 5. The van der Waals surface area contributed by atoms with Gasteiger partial charge in [0.05, 0.1) is 13.2 Å². The summed E-state index contributed by atoms with van der Waals surface area (Å²) in [5.41, 5.74) is 0. The first kappa shape index (κ1) is 16.0. The molecule has 2 unspecified atom stereocenters. The van der Waals surface area contributed by atoms with Crippen LogP contribution in [0.2, 0.25) is 0 Å². The molecule has 5 heteroatoms. The summed E-state index contributed by atoms with van der Waals surface area (Å²) in [5.74, 6) is 2.90. The van der Waals surface area contributed by atoms with Crippen LogP contribution in [0.15, 0.2) is 0 Å². The van der Waals surface area contributed by atoms with E-state index >= 15 is 0 Å². The fourth-order valence-corrected chi connectivity index (χ4v) is 2.34. The standard InChI is InChI=1S/C16H22O5/c1-3-11-17-15(9-5-7-13-19-15)21-16(18-12-4-2)10-6-8-14-20-16/h5-10,13-14H2,1-2H3. The highest BCUT2D eigenvalue weighted by Crippen LogP contribution is 2.37. The average Bonchev–Trinajstić information content (AvgIpc) is 2.53. The van der Waals surface area contributed by atoms with Gasteiger partial charge >= 0.3 is 11.9 Å². The molecular weight excluding hydrogens is 272 g/mol. The summed E-state index contributed by atoms with van der Waals surface area (Å²) in [5, 5.41) is 0. The van der Waals surface area contributed by atoms with Crippen LogP contribution in [0.1, 0.15) is 52.4 Å². The van der Waals surface area contributed by atoms with Gasteiger partial charge < -0.3 is 18.9 Å². The predicted octanol–water partition coefficient (Wildman–Crippen LogP) is 2.71. The summed E-state index contributed by atoms with van der Waals surface area (Å²) >= 11 is 0. The zero-order chi connectivity index (χ0) is 15.0. The summed E-state index contributed by atoms with van der Waals surface area (Å²) < 4.78 is 28.5. The second kappa shape index (κ2) is 7.56. The molecule has 5 nitrogen and oxygen atoms in total. The Labute approximate surface area is 126 Å². The number of hydrogen-bond acceptors (Lipinski definition) is 5. The molecule has 0 N–H and O–H groups in total. The van der Waals surface area contributed by atoms with Crippen molar-refractivity contribution in [2.24, 2.45) is 0 Å². The molecule has 2 aliphatic rings. The molecule has 2 aliphatic heterocycles. The van der Waals surface area contributed by atoms with Gasteiger partial charge in [-0.05, 0) is 25.7 Å². The van der Waals surface area contributed by atoms with Crippen LogP contribution in [-0.2, 0) is 23.7 Å². The van der Waals surface area contributed by atoms with Crippen molar-refractivity contribution in [1.82, 2.24) is 0 Å². The van der Waals surface area contributed by atoms with Gasteiger partial charge in [0, 0.05) is 26.7 Å². The highest BCUT2D eigenvalue weighted by atomic mass is 17.0. The Bertz CT molecular complexity index is 397. The lowest BCUT2D eigenvalue weighted by Crippen LogP contribution is -2.52. The lowest BCUT2D eigenvalue weighted by molar-refractivity contribution is -0.494. The van der Waals surface area contributed by atoms with E-state index in [-0.39, 0.29) is 0 Å². The molecule has 2 rings (SSSR count). The van der Waals surface area contributed by atoms with Gasteiger partial charge in [0.1, 0.15) is 12.2 Å². The first-order valence-electron chi connectivity index (χ1n) is 7.42. The van der Waals surface area contributed by atoms with Gasteiger partial charge in [-0.15, -0.1) is 0 Å². The first-order chi connectivity index (χ1) is 10.2. The van der Waals surface area contributed by atoms with Gasteiger partial charge in [0.15, 0.2) is 0 Å². The minimum Gasteiger partial charge on any atom is -0.386 e. The Morgan fingerprint density at radius 1 is 0.762 bits per heavy atom. The highest BCUT2D eigenvalue weighted by Gasteiger charge is 2.49. The topological polar surface area (TPSA) is 46.2 Å². The van der Waals surface area contributed by atoms with Crippen molar-refractivity contribution in [2.75, 3.05) is 13.2 Å². The summed E-state index contributed by atoms with van der Waals surface area (Å²) in [4.78, 5) is 0. The number of rotatable bonds is 4. The van der Waals surface area contributed by atoms with E-state index in [1.54, 1.807) is 13.8 Å². The molecule has 0 spiro atoms. The Balaban J connectivity index is 2.16. The van der Waals surface area contributed by atoms with Crippen LogP contribution in [0.4, 0.5) is 0 Å². The third-order valence-electron chi connectivity index (χ3n) is 3.33. The molecule has 21 heavy (non-hydrogen) atoms. The molecule has 2 atom stereocenters.